The smallest absolute Gasteiger partial charge is 0.341 e. The van der Waals surface area contributed by atoms with Crippen LogP contribution in [0.2, 0.25) is 0 Å². The average molecular weight is 547 g/mol. The predicted molar refractivity (Wildman–Crippen MR) is 135 cm³/mol. The number of rotatable bonds is 11. The van der Waals surface area contributed by atoms with E-state index in [-0.39, 0.29) is 29.4 Å². The Morgan fingerprint density at radius 1 is 1.16 bits per heavy atom. The molecule has 0 aliphatic heterocycles. The second-order valence-corrected chi connectivity index (χ2v) is 7.73. The zero-order chi connectivity index (χ0) is 21.8. The Hall–Kier alpha value is -1.55. The number of carbonyl (C=O) groups is 1. The van der Waals surface area contributed by atoms with Crippen molar-refractivity contribution < 1.29 is 19.0 Å². The van der Waals surface area contributed by atoms with Gasteiger partial charge in [0.25, 0.3) is 0 Å². The SMILES string of the molecule is CCNC(=NCc1ccc(C(=O)OC)c(OC)c1)NCC1(CCOCC)CCCC1.I. The molecule has 0 heterocycles. The van der Waals surface area contributed by atoms with Gasteiger partial charge >= 0.3 is 5.97 Å². The standard InChI is InChI=1S/C23H37N3O4.HI/c1-5-24-22(26-17-23(11-7-8-12-23)13-14-30-6-2)25-16-18-9-10-19(21(27)29-4)20(15-18)28-3;/h9-10,15H,5-8,11-14,16-17H2,1-4H3,(H2,24,25,26);1H. The summed E-state index contributed by atoms with van der Waals surface area (Å²) in [7, 11) is 2.91. The lowest BCUT2D eigenvalue weighted by Gasteiger charge is -2.30. The molecule has 7 nitrogen and oxygen atoms in total. The molecule has 8 heteroatoms. The van der Waals surface area contributed by atoms with Crippen molar-refractivity contribution in [1.29, 1.82) is 0 Å². The van der Waals surface area contributed by atoms with Gasteiger partial charge in [-0.15, -0.1) is 24.0 Å². The second kappa shape index (κ2) is 14.5. The van der Waals surface area contributed by atoms with Gasteiger partial charge in [0.2, 0.25) is 0 Å². The van der Waals surface area contributed by atoms with Gasteiger partial charge in [0.1, 0.15) is 11.3 Å². The van der Waals surface area contributed by atoms with Crippen LogP contribution in [-0.2, 0) is 16.0 Å². The lowest BCUT2D eigenvalue weighted by atomic mass is 9.83. The Morgan fingerprint density at radius 3 is 2.52 bits per heavy atom. The normalized spacial score (nSPS) is 15.2. The van der Waals surface area contributed by atoms with E-state index >= 15 is 0 Å². The minimum absolute atomic E-state index is 0. The van der Waals surface area contributed by atoms with Crippen molar-refractivity contribution in [3.05, 3.63) is 29.3 Å². The van der Waals surface area contributed by atoms with Crippen LogP contribution in [0.5, 0.6) is 5.75 Å². The predicted octanol–water partition coefficient (Wildman–Crippen LogP) is 4.14. The Kier molecular flexibility index (Phi) is 12.9. The van der Waals surface area contributed by atoms with Gasteiger partial charge in [-0.05, 0) is 56.2 Å². The van der Waals surface area contributed by atoms with Gasteiger partial charge in [-0.1, -0.05) is 18.9 Å². The van der Waals surface area contributed by atoms with Crippen molar-refractivity contribution in [3.8, 4) is 5.75 Å². The van der Waals surface area contributed by atoms with Crippen LogP contribution in [-0.4, -0.2) is 52.5 Å². The van der Waals surface area contributed by atoms with Crippen LogP contribution < -0.4 is 15.4 Å². The van der Waals surface area contributed by atoms with Gasteiger partial charge in [0.15, 0.2) is 5.96 Å². The first-order chi connectivity index (χ1) is 14.6. The molecule has 1 aliphatic rings. The highest BCUT2D eigenvalue weighted by molar-refractivity contribution is 14.0. The minimum Gasteiger partial charge on any atom is -0.496 e. The number of hydrogen-bond acceptors (Lipinski definition) is 5. The van der Waals surface area contributed by atoms with Crippen LogP contribution in [0.1, 0.15) is 61.9 Å². The maximum Gasteiger partial charge on any atom is 0.341 e. The summed E-state index contributed by atoms with van der Waals surface area (Å²) in [5, 5.41) is 6.88. The molecule has 0 radical (unpaired) electrons. The number of nitrogens with one attached hydrogen (secondary N) is 2. The summed E-state index contributed by atoms with van der Waals surface area (Å²) in [6, 6.07) is 5.43. The van der Waals surface area contributed by atoms with E-state index in [1.165, 1.54) is 32.8 Å². The largest absolute Gasteiger partial charge is 0.496 e. The number of guanidine groups is 1. The van der Waals surface area contributed by atoms with Gasteiger partial charge < -0.3 is 24.8 Å². The molecule has 0 aromatic heterocycles. The number of hydrogen-bond donors (Lipinski definition) is 2. The van der Waals surface area contributed by atoms with Crippen molar-refractivity contribution in [2.24, 2.45) is 10.4 Å². The summed E-state index contributed by atoms with van der Waals surface area (Å²) in [6.07, 6.45) is 6.12. The van der Waals surface area contributed by atoms with E-state index in [0.717, 1.165) is 44.2 Å². The molecule has 1 aromatic carbocycles. The minimum atomic E-state index is -0.411. The van der Waals surface area contributed by atoms with Gasteiger partial charge in [-0.2, -0.15) is 0 Å². The van der Waals surface area contributed by atoms with Crippen LogP contribution in [0.25, 0.3) is 0 Å². The first kappa shape index (κ1) is 27.5. The van der Waals surface area contributed by atoms with Crippen molar-refractivity contribution in [2.75, 3.05) is 40.5 Å². The number of benzene rings is 1. The molecule has 0 bridgehead atoms. The highest BCUT2D eigenvalue weighted by atomic mass is 127. The number of esters is 1. The fourth-order valence-electron chi connectivity index (χ4n) is 3.97. The number of nitrogens with zero attached hydrogens (tertiary/aromatic N) is 1. The maximum absolute atomic E-state index is 11.8. The number of aliphatic imine (C=N–C) groups is 1. The molecule has 0 atom stereocenters. The van der Waals surface area contributed by atoms with Crippen molar-refractivity contribution in [3.63, 3.8) is 0 Å². The summed E-state index contributed by atoms with van der Waals surface area (Å²) in [6.45, 7) is 7.87. The van der Waals surface area contributed by atoms with E-state index in [1.54, 1.807) is 13.2 Å². The number of ether oxygens (including phenoxy) is 3. The molecule has 2 rings (SSSR count). The zero-order valence-corrected chi connectivity index (χ0v) is 21.6. The van der Waals surface area contributed by atoms with E-state index < -0.39 is 5.97 Å². The molecular weight excluding hydrogens is 509 g/mol. The van der Waals surface area contributed by atoms with Gasteiger partial charge in [0.05, 0.1) is 20.8 Å². The van der Waals surface area contributed by atoms with Gasteiger partial charge in [0, 0.05) is 26.3 Å². The molecule has 1 saturated carbocycles. The number of carbonyl (C=O) groups excluding carboxylic acids is 1. The molecule has 31 heavy (non-hydrogen) atoms. The molecule has 0 amide bonds. The Balaban J connectivity index is 0.00000480. The van der Waals surface area contributed by atoms with Crippen LogP contribution in [0, 0.1) is 5.41 Å². The molecule has 176 valence electrons. The molecule has 1 fully saturated rings. The van der Waals surface area contributed by atoms with Gasteiger partial charge in [-0.25, -0.2) is 9.79 Å². The lowest BCUT2D eigenvalue weighted by molar-refractivity contribution is 0.0597. The molecule has 0 saturated heterocycles. The Morgan fingerprint density at radius 2 is 1.90 bits per heavy atom. The summed E-state index contributed by atoms with van der Waals surface area (Å²) in [5.41, 5.74) is 1.66. The van der Waals surface area contributed by atoms with Crippen molar-refractivity contribution >= 4 is 35.9 Å². The average Bonchev–Trinajstić information content (AvgIpc) is 3.24. The first-order valence-corrected chi connectivity index (χ1v) is 10.9. The molecule has 0 unspecified atom stereocenters. The third kappa shape index (κ3) is 8.48. The van der Waals surface area contributed by atoms with Crippen LogP contribution in [0.3, 0.4) is 0 Å². The zero-order valence-electron chi connectivity index (χ0n) is 19.3. The van der Waals surface area contributed by atoms with E-state index in [1.807, 2.05) is 19.1 Å². The number of methoxy groups -OCH3 is 2. The highest BCUT2D eigenvalue weighted by Gasteiger charge is 2.33. The summed E-state index contributed by atoms with van der Waals surface area (Å²) < 4.78 is 15.8. The Bertz CT molecular complexity index is 706. The van der Waals surface area contributed by atoms with E-state index in [2.05, 4.69) is 17.6 Å². The first-order valence-electron chi connectivity index (χ1n) is 10.9. The van der Waals surface area contributed by atoms with E-state index in [0.29, 0.717) is 17.9 Å². The fraction of sp³-hybridized carbons (Fsp3) is 0.652. The van der Waals surface area contributed by atoms with Crippen LogP contribution in [0.4, 0.5) is 0 Å². The maximum atomic E-state index is 11.8. The third-order valence-corrected chi connectivity index (χ3v) is 5.71. The van der Waals surface area contributed by atoms with E-state index in [9.17, 15) is 4.79 Å². The van der Waals surface area contributed by atoms with Crippen LogP contribution in [0.15, 0.2) is 23.2 Å². The lowest BCUT2D eigenvalue weighted by Crippen LogP contribution is -2.43. The van der Waals surface area contributed by atoms with Crippen molar-refractivity contribution in [2.45, 2.75) is 52.5 Å². The van der Waals surface area contributed by atoms with Gasteiger partial charge in [-0.3, -0.25) is 0 Å². The Labute approximate surface area is 203 Å². The highest BCUT2D eigenvalue weighted by Crippen LogP contribution is 2.40. The van der Waals surface area contributed by atoms with Crippen molar-refractivity contribution in [1.82, 2.24) is 10.6 Å². The summed E-state index contributed by atoms with van der Waals surface area (Å²) in [4.78, 5) is 16.6. The second-order valence-electron chi connectivity index (χ2n) is 7.73. The van der Waals surface area contributed by atoms with E-state index in [4.69, 9.17) is 19.2 Å². The molecule has 1 aromatic rings. The molecular formula is C23H38IN3O4. The fourth-order valence-corrected chi connectivity index (χ4v) is 3.97. The number of halogens is 1. The molecule has 0 spiro atoms. The van der Waals surface area contributed by atoms with Crippen LogP contribution >= 0.6 is 24.0 Å². The third-order valence-electron chi connectivity index (χ3n) is 5.71. The quantitative estimate of drug-likeness (QED) is 0.143. The monoisotopic (exact) mass is 547 g/mol. The summed E-state index contributed by atoms with van der Waals surface area (Å²) in [5.74, 6) is 0.885. The molecule has 2 N–H and O–H groups in total. The molecule has 1 aliphatic carbocycles. The summed E-state index contributed by atoms with van der Waals surface area (Å²) >= 11 is 0. The topological polar surface area (TPSA) is 81.2 Å².